The molecule has 1 aliphatic rings. The smallest absolute Gasteiger partial charge is 0.253 e. The Morgan fingerprint density at radius 2 is 1.67 bits per heavy atom. The second kappa shape index (κ2) is 4.17. The molecular weight excluding hydrogens is 160 g/mol. The molecule has 1 fully saturated rings. The molecule has 0 aromatic rings. The highest BCUT2D eigenvalue weighted by atomic mass is 19.3. The lowest BCUT2D eigenvalue weighted by Gasteiger charge is -2.29. The molecule has 0 aromatic carbocycles. The minimum atomic E-state index is -2.34. The number of alkyl halides is 2. The van der Waals surface area contributed by atoms with E-state index in [-0.39, 0.29) is 5.92 Å². The van der Waals surface area contributed by atoms with E-state index >= 15 is 0 Å². The highest BCUT2D eigenvalue weighted by Gasteiger charge is 2.28. The molecule has 0 saturated heterocycles. The summed E-state index contributed by atoms with van der Waals surface area (Å²) in [5, 5.41) is 0. The fraction of sp³-hybridized carbons (Fsp3) is 1.00. The minimum Gasteiger partial charge on any atom is -0.323 e. The average Bonchev–Trinajstić information content (AvgIpc) is 2.04. The van der Waals surface area contributed by atoms with Gasteiger partial charge in [0.2, 0.25) is 0 Å². The van der Waals surface area contributed by atoms with Crippen LogP contribution in [0.4, 0.5) is 8.78 Å². The summed E-state index contributed by atoms with van der Waals surface area (Å²) >= 11 is 0. The molecule has 0 radical (unpaired) electrons. The van der Waals surface area contributed by atoms with E-state index in [0.29, 0.717) is 5.92 Å². The zero-order valence-corrected chi connectivity index (χ0v) is 7.47. The molecule has 0 heterocycles. The number of hydrogen-bond acceptors (Lipinski definition) is 1. The predicted molar refractivity (Wildman–Crippen MR) is 45.1 cm³/mol. The van der Waals surface area contributed by atoms with Gasteiger partial charge in [0.25, 0.3) is 6.43 Å². The van der Waals surface area contributed by atoms with E-state index in [1.165, 1.54) is 0 Å². The fourth-order valence-electron chi connectivity index (χ4n) is 1.88. The lowest BCUT2D eigenvalue weighted by atomic mass is 9.79. The molecule has 0 aromatic heterocycles. The molecular formula is C9H17F2N. The third-order valence-electron chi connectivity index (χ3n) is 2.90. The Hall–Kier alpha value is -0.180. The van der Waals surface area contributed by atoms with Crippen molar-refractivity contribution >= 4 is 0 Å². The molecule has 1 rings (SSSR count). The summed E-state index contributed by atoms with van der Waals surface area (Å²) < 4.78 is 24.4. The van der Waals surface area contributed by atoms with Gasteiger partial charge < -0.3 is 5.73 Å². The van der Waals surface area contributed by atoms with Crippen LogP contribution >= 0.6 is 0 Å². The van der Waals surface area contributed by atoms with Gasteiger partial charge in [0.15, 0.2) is 0 Å². The molecule has 0 amide bonds. The van der Waals surface area contributed by atoms with Crippen molar-refractivity contribution in [1.82, 2.24) is 0 Å². The molecule has 0 spiro atoms. The summed E-state index contributed by atoms with van der Waals surface area (Å²) in [6.45, 7) is 2.17. The lowest BCUT2D eigenvalue weighted by molar-refractivity contribution is 0.0725. The monoisotopic (exact) mass is 177 g/mol. The van der Waals surface area contributed by atoms with Gasteiger partial charge in [-0.15, -0.1) is 0 Å². The van der Waals surface area contributed by atoms with Crippen LogP contribution in [-0.2, 0) is 0 Å². The zero-order valence-electron chi connectivity index (χ0n) is 7.47. The van der Waals surface area contributed by atoms with Crippen LogP contribution < -0.4 is 5.73 Å². The summed E-state index contributed by atoms with van der Waals surface area (Å²) in [5.41, 5.74) is 5.39. The summed E-state index contributed by atoms with van der Waals surface area (Å²) in [6, 6.07) is -0.891. The number of hydrogen-bond donors (Lipinski definition) is 1. The molecule has 1 atom stereocenters. The maximum atomic E-state index is 12.2. The first kappa shape index (κ1) is 9.90. The lowest BCUT2D eigenvalue weighted by Crippen LogP contribution is -2.38. The Kier molecular flexibility index (Phi) is 3.44. The van der Waals surface area contributed by atoms with Gasteiger partial charge in [-0.2, -0.15) is 0 Å². The largest absolute Gasteiger partial charge is 0.323 e. The van der Waals surface area contributed by atoms with E-state index < -0.39 is 12.5 Å². The van der Waals surface area contributed by atoms with Crippen LogP contribution in [0.15, 0.2) is 0 Å². The van der Waals surface area contributed by atoms with E-state index in [1.54, 1.807) is 0 Å². The Morgan fingerprint density at radius 1 is 1.17 bits per heavy atom. The van der Waals surface area contributed by atoms with Crippen molar-refractivity contribution in [2.45, 2.75) is 45.1 Å². The molecule has 0 bridgehead atoms. The second-order valence-electron chi connectivity index (χ2n) is 3.93. The van der Waals surface area contributed by atoms with E-state index in [2.05, 4.69) is 6.92 Å². The normalized spacial score (nSPS) is 33.8. The predicted octanol–water partition coefficient (Wildman–Crippen LogP) is 2.41. The van der Waals surface area contributed by atoms with Crippen LogP contribution in [0.1, 0.15) is 32.6 Å². The first-order valence-corrected chi connectivity index (χ1v) is 4.65. The fourth-order valence-corrected chi connectivity index (χ4v) is 1.88. The van der Waals surface area contributed by atoms with Crippen molar-refractivity contribution in [2.75, 3.05) is 0 Å². The molecule has 12 heavy (non-hydrogen) atoms. The van der Waals surface area contributed by atoms with Crippen LogP contribution in [0.2, 0.25) is 0 Å². The van der Waals surface area contributed by atoms with Crippen molar-refractivity contribution in [3.05, 3.63) is 0 Å². The second-order valence-corrected chi connectivity index (χ2v) is 3.93. The Bertz CT molecular complexity index is 130. The summed E-state index contributed by atoms with van der Waals surface area (Å²) in [6.07, 6.45) is 1.54. The molecule has 72 valence electrons. The molecule has 2 N–H and O–H groups in total. The van der Waals surface area contributed by atoms with Crippen molar-refractivity contribution in [3.8, 4) is 0 Å². The van der Waals surface area contributed by atoms with Gasteiger partial charge in [-0.25, -0.2) is 8.78 Å². The summed E-state index contributed by atoms with van der Waals surface area (Å²) in [7, 11) is 0. The minimum absolute atomic E-state index is 0.0567. The van der Waals surface area contributed by atoms with Crippen molar-refractivity contribution in [2.24, 2.45) is 17.6 Å². The van der Waals surface area contributed by atoms with Crippen LogP contribution in [0, 0.1) is 11.8 Å². The summed E-state index contributed by atoms with van der Waals surface area (Å²) in [4.78, 5) is 0. The van der Waals surface area contributed by atoms with Crippen LogP contribution in [0.3, 0.4) is 0 Å². The molecule has 1 unspecified atom stereocenters. The third-order valence-corrected chi connectivity index (χ3v) is 2.90. The Morgan fingerprint density at radius 3 is 2.08 bits per heavy atom. The van der Waals surface area contributed by atoms with E-state index in [1.807, 2.05) is 0 Å². The van der Waals surface area contributed by atoms with Gasteiger partial charge in [-0.05, 0) is 24.7 Å². The molecule has 1 nitrogen and oxygen atoms in total. The van der Waals surface area contributed by atoms with Gasteiger partial charge in [-0.1, -0.05) is 19.8 Å². The number of nitrogens with two attached hydrogens (primary N) is 1. The summed E-state index contributed by atoms with van der Waals surface area (Å²) in [5.74, 6) is 0.757. The highest BCUT2D eigenvalue weighted by Crippen LogP contribution is 2.31. The first-order chi connectivity index (χ1) is 5.61. The van der Waals surface area contributed by atoms with Gasteiger partial charge >= 0.3 is 0 Å². The first-order valence-electron chi connectivity index (χ1n) is 4.65. The third kappa shape index (κ3) is 2.41. The molecule has 0 aliphatic heterocycles. The van der Waals surface area contributed by atoms with Crippen molar-refractivity contribution in [1.29, 1.82) is 0 Å². The van der Waals surface area contributed by atoms with Crippen LogP contribution in [0.5, 0.6) is 0 Å². The van der Waals surface area contributed by atoms with Crippen LogP contribution in [0.25, 0.3) is 0 Å². The topological polar surface area (TPSA) is 26.0 Å². The van der Waals surface area contributed by atoms with Gasteiger partial charge in [0.05, 0.1) is 6.04 Å². The van der Waals surface area contributed by atoms with Gasteiger partial charge in [0, 0.05) is 0 Å². The quantitative estimate of drug-likeness (QED) is 0.688. The molecule has 3 heteroatoms. The van der Waals surface area contributed by atoms with Crippen LogP contribution in [-0.4, -0.2) is 12.5 Å². The zero-order chi connectivity index (χ0) is 9.14. The number of rotatable bonds is 2. The number of halogens is 2. The van der Waals surface area contributed by atoms with Crippen molar-refractivity contribution < 1.29 is 8.78 Å². The van der Waals surface area contributed by atoms with E-state index in [9.17, 15) is 8.78 Å². The maximum absolute atomic E-state index is 12.2. The van der Waals surface area contributed by atoms with E-state index in [0.717, 1.165) is 25.7 Å². The van der Waals surface area contributed by atoms with E-state index in [4.69, 9.17) is 5.73 Å². The molecule has 1 aliphatic carbocycles. The van der Waals surface area contributed by atoms with Crippen molar-refractivity contribution in [3.63, 3.8) is 0 Å². The SMILES string of the molecule is CC1CCC(C(N)C(F)F)CC1. The Balaban J connectivity index is 2.34. The average molecular weight is 177 g/mol. The van der Waals surface area contributed by atoms with Gasteiger partial charge in [-0.3, -0.25) is 0 Å². The molecule has 1 saturated carbocycles. The standard InChI is InChI=1S/C9H17F2N/c1-6-2-4-7(5-3-6)8(12)9(10)11/h6-9H,2-5,12H2,1H3. The highest BCUT2D eigenvalue weighted by molar-refractivity contribution is 4.79. The Labute approximate surface area is 72.3 Å². The van der Waals surface area contributed by atoms with Gasteiger partial charge in [0.1, 0.15) is 0 Å². The maximum Gasteiger partial charge on any atom is 0.253 e.